The van der Waals surface area contributed by atoms with Crippen molar-refractivity contribution in [1.29, 1.82) is 0 Å². The van der Waals surface area contributed by atoms with Gasteiger partial charge in [-0.25, -0.2) is 0 Å². The number of nitrogens with one attached hydrogen (secondary N) is 1. The first-order chi connectivity index (χ1) is 9.78. The molecule has 0 aromatic heterocycles. The van der Waals surface area contributed by atoms with Crippen molar-refractivity contribution in [2.24, 2.45) is 0 Å². The van der Waals surface area contributed by atoms with Gasteiger partial charge in [0.2, 0.25) is 0 Å². The van der Waals surface area contributed by atoms with Crippen molar-refractivity contribution >= 4 is 0 Å². The van der Waals surface area contributed by atoms with E-state index in [4.69, 9.17) is 4.74 Å². The Morgan fingerprint density at radius 2 is 1.70 bits per heavy atom. The molecule has 0 fully saturated rings. The standard InChI is InChI=1S/C18H23NO/c1-3-19-17(13-16-11-9-15(2)10-12-16)14-20-18-7-5-4-6-8-18/h4-12,17,19H,3,13-14H2,1-2H3. The summed E-state index contributed by atoms with van der Waals surface area (Å²) in [6, 6.07) is 19.0. The van der Waals surface area contributed by atoms with Gasteiger partial charge in [-0.3, -0.25) is 0 Å². The largest absolute Gasteiger partial charge is 0.492 e. The third-order valence-corrected chi connectivity index (χ3v) is 3.29. The second-order valence-corrected chi connectivity index (χ2v) is 5.07. The number of aryl methyl sites for hydroxylation is 1. The van der Waals surface area contributed by atoms with E-state index in [9.17, 15) is 0 Å². The lowest BCUT2D eigenvalue weighted by Crippen LogP contribution is -2.36. The molecule has 2 aromatic carbocycles. The number of likely N-dealkylation sites (N-methyl/N-ethyl adjacent to an activating group) is 1. The van der Waals surface area contributed by atoms with E-state index in [0.717, 1.165) is 18.7 Å². The maximum absolute atomic E-state index is 5.85. The fourth-order valence-electron chi connectivity index (χ4n) is 2.20. The van der Waals surface area contributed by atoms with Crippen molar-refractivity contribution in [2.45, 2.75) is 26.3 Å². The minimum atomic E-state index is 0.336. The first kappa shape index (κ1) is 14.6. The zero-order valence-corrected chi connectivity index (χ0v) is 12.3. The Kier molecular flexibility index (Phi) is 5.63. The average Bonchev–Trinajstić information content (AvgIpc) is 2.48. The summed E-state index contributed by atoms with van der Waals surface area (Å²) in [5.74, 6) is 0.930. The molecule has 20 heavy (non-hydrogen) atoms. The minimum absolute atomic E-state index is 0.336. The van der Waals surface area contributed by atoms with Gasteiger partial charge >= 0.3 is 0 Å². The van der Waals surface area contributed by atoms with Crippen LogP contribution in [0.25, 0.3) is 0 Å². The van der Waals surface area contributed by atoms with Crippen LogP contribution in [0.5, 0.6) is 5.75 Å². The molecule has 0 radical (unpaired) electrons. The van der Waals surface area contributed by atoms with E-state index in [-0.39, 0.29) is 0 Å². The molecule has 2 aromatic rings. The molecule has 1 N–H and O–H groups in total. The van der Waals surface area contributed by atoms with Gasteiger partial charge in [-0.05, 0) is 37.6 Å². The van der Waals surface area contributed by atoms with E-state index in [2.05, 4.69) is 43.4 Å². The van der Waals surface area contributed by atoms with Gasteiger partial charge < -0.3 is 10.1 Å². The minimum Gasteiger partial charge on any atom is -0.492 e. The second-order valence-electron chi connectivity index (χ2n) is 5.07. The lowest BCUT2D eigenvalue weighted by Gasteiger charge is -2.19. The normalized spacial score (nSPS) is 12.1. The van der Waals surface area contributed by atoms with Crippen LogP contribution in [-0.2, 0) is 6.42 Å². The van der Waals surface area contributed by atoms with Crippen molar-refractivity contribution in [1.82, 2.24) is 5.32 Å². The molecular formula is C18H23NO. The van der Waals surface area contributed by atoms with E-state index in [0.29, 0.717) is 12.6 Å². The molecule has 1 unspecified atom stereocenters. The van der Waals surface area contributed by atoms with Crippen molar-refractivity contribution in [3.8, 4) is 5.75 Å². The van der Waals surface area contributed by atoms with Gasteiger partial charge in [-0.15, -0.1) is 0 Å². The number of hydrogen-bond donors (Lipinski definition) is 1. The van der Waals surface area contributed by atoms with E-state index in [1.54, 1.807) is 0 Å². The van der Waals surface area contributed by atoms with Gasteiger partial charge in [0.25, 0.3) is 0 Å². The molecule has 106 valence electrons. The second kappa shape index (κ2) is 7.71. The average molecular weight is 269 g/mol. The SMILES string of the molecule is CCNC(COc1ccccc1)Cc1ccc(C)cc1. The maximum Gasteiger partial charge on any atom is 0.119 e. The molecule has 2 heteroatoms. The van der Waals surface area contributed by atoms with Crippen LogP contribution in [0.4, 0.5) is 0 Å². The Labute approximate surface area is 121 Å². The van der Waals surface area contributed by atoms with Crippen molar-refractivity contribution in [3.63, 3.8) is 0 Å². The molecule has 0 aliphatic rings. The van der Waals surface area contributed by atoms with Crippen molar-refractivity contribution in [3.05, 3.63) is 65.7 Å². The van der Waals surface area contributed by atoms with Gasteiger partial charge in [0.1, 0.15) is 12.4 Å². The summed E-state index contributed by atoms with van der Waals surface area (Å²) < 4.78 is 5.85. The first-order valence-corrected chi connectivity index (χ1v) is 7.24. The lowest BCUT2D eigenvalue weighted by atomic mass is 10.0. The molecule has 0 heterocycles. The third kappa shape index (κ3) is 4.71. The Hall–Kier alpha value is -1.80. The van der Waals surface area contributed by atoms with Crippen LogP contribution in [0.1, 0.15) is 18.1 Å². The van der Waals surface area contributed by atoms with Crippen molar-refractivity contribution in [2.75, 3.05) is 13.2 Å². The molecule has 2 rings (SSSR count). The van der Waals surface area contributed by atoms with Gasteiger partial charge in [-0.2, -0.15) is 0 Å². The summed E-state index contributed by atoms with van der Waals surface area (Å²) in [6.45, 7) is 5.88. The highest BCUT2D eigenvalue weighted by molar-refractivity contribution is 5.23. The Balaban J connectivity index is 1.91. The number of rotatable bonds is 7. The molecule has 0 amide bonds. The summed E-state index contributed by atoms with van der Waals surface area (Å²) in [6.07, 6.45) is 0.987. The molecule has 1 atom stereocenters. The number of benzene rings is 2. The zero-order chi connectivity index (χ0) is 14.2. The highest BCUT2D eigenvalue weighted by atomic mass is 16.5. The molecular weight excluding hydrogens is 246 g/mol. The van der Waals surface area contributed by atoms with Gasteiger partial charge in [0, 0.05) is 6.04 Å². The van der Waals surface area contributed by atoms with E-state index in [1.807, 2.05) is 30.3 Å². The summed E-state index contributed by atoms with van der Waals surface area (Å²) in [7, 11) is 0. The van der Waals surface area contributed by atoms with E-state index in [1.165, 1.54) is 11.1 Å². The summed E-state index contributed by atoms with van der Waals surface area (Å²) in [4.78, 5) is 0. The smallest absolute Gasteiger partial charge is 0.119 e. The number of hydrogen-bond acceptors (Lipinski definition) is 2. The fourth-order valence-corrected chi connectivity index (χ4v) is 2.20. The van der Waals surface area contributed by atoms with E-state index >= 15 is 0 Å². The summed E-state index contributed by atoms with van der Waals surface area (Å²) >= 11 is 0. The molecule has 0 aliphatic heterocycles. The summed E-state index contributed by atoms with van der Waals surface area (Å²) in [5, 5.41) is 3.49. The van der Waals surface area contributed by atoms with Crippen molar-refractivity contribution < 1.29 is 4.74 Å². The highest BCUT2D eigenvalue weighted by Crippen LogP contribution is 2.11. The van der Waals surface area contributed by atoms with Gasteiger partial charge in [0.15, 0.2) is 0 Å². The van der Waals surface area contributed by atoms with Crippen LogP contribution < -0.4 is 10.1 Å². The third-order valence-electron chi connectivity index (χ3n) is 3.29. The quantitative estimate of drug-likeness (QED) is 0.829. The monoisotopic (exact) mass is 269 g/mol. The lowest BCUT2D eigenvalue weighted by molar-refractivity contribution is 0.265. The Bertz CT molecular complexity index is 493. The number of ether oxygens (including phenoxy) is 1. The fraction of sp³-hybridized carbons (Fsp3) is 0.333. The van der Waals surface area contributed by atoms with Crippen LogP contribution in [0.3, 0.4) is 0 Å². The Morgan fingerprint density at radius 3 is 2.35 bits per heavy atom. The van der Waals surface area contributed by atoms with Gasteiger partial charge in [-0.1, -0.05) is 55.0 Å². The topological polar surface area (TPSA) is 21.3 Å². The van der Waals surface area contributed by atoms with Gasteiger partial charge in [0.05, 0.1) is 0 Å². The molecule has 0 spiro atoms. The van der Waals surface area contributed by atoms with Crippen LogP contribution in [-0.4, -0.2) is 19.2 Å². The molecule has 0 bridgehead atoms. The molecule has 2 nitrogen and oxygen atoms in total. The van der Waals surface area contributed by atoms with Crippen LogP contribution in [0.15, 0.2) is 54.6 Å². The van der Waals surface area contributed by atoms with Crippen LogP contribution in [0.2, 0.25) is 0 Å². The first-order valence-electron chi connectivity index (χ1n) is 7.24. The molecule has 0 aliphatic carbocycles. The molecule has 0 saturated heterocycles. The number of para-hydroxylation sites is 1. The van der Waals surface area contributed by atoms with Crippen LogP contribution >= 0.6 is 0 Å². The molecule has 0 saturated carbocycles. The maximum atomic E-state index is 5.85. The summed E-state index contributed by atoms with van der Waals surface area (Å²) in [5.41, 5.74) is 2.65. The zero-order valence-electron chi connectivity index (χ0n) is 12.3. The highest BCUT2D eigenvalue weighted by Gasteiger charge is 2.09. The van der Waals surface area contributed by atoms with Crippen LogP contribution in [0, 0.1) is 6.92 Å². The van der Waals surface area contributed by atoms with E-state index < -0.39 is 0 Å². The predicted molar refractivity (Wildman–Crippen MR) is 84.3 cm³/mol. The Morgan fingerprint density at radius 1 is 1.00 bits per heavy atom. The predicted octanol–water partition coefficient (Wildman–Crippen LogP) is 3.59.